The van der Waals surface area contributed by atoms with Crippen molar-refractivity contribution in [1.82, 2.24) is 4.90 Å². The fourth-order valence-corrected chi connectivity index (χ4v) is 3.20. The van der Waals surface area contributed by atoms with Gasteiger partial charge in [0.2, 0.25) is 0 Å². The van der Waals surface area contributed by atoms with E-state index in [1.807, 2.05) is 0 Å². The highest BCUT2D eigenvalue weighted by Gasteiger charge is 2.44. The van der Waals surface area contributed by atoms with Crippen molar-refractivity contribution in [3.8, 4) is 5.75 Å². The van der Waals surface area contributed by atoms with E-state index in [1.165, 1.54) is 6.07 Å². The highest BCUT2D eigenvalue weighted by atomic mass is 35.5. The molecular weight excluding hydrogens is 377 g/mol. The van der Waals surface area contributed by atoms with Crippen LogP contribution >= 0.6 is 23.2 Å². The second-order valence-electron chi connectivity index (χ2n) is 6.19. The normalized spacial score (nSPS) is 14.6. The van der Waals surface area contributed by atoms with Crippen molar-refractivity contribution >= 4 is 41.0 Å². The average Bonchev–Trinajstić information content (AvgIpc) is 2.85. The van der Waals surface area contributed by atoms with Crippen LogP contribution in [0.3, 0.4) is 0 Å². The minimum atomic E-state index is -1.09. The minimum Gasteiger partial charge on any atom is -0.423 e. The van der Waals surface area contributed by atoms with Gasteiger partial charge >= 0.3 is 5.97 Å². The standard InChI is InChI=1S/C19H15Cl2NO4/c1-10(2)16(19(25)26-14-9-5-8-13(20)15(14)21)22-17(23)11-6-3-4-7-12(11)18(22)24/h3-10,16H,1-2H3/t16-/m1/s1. The van der Waals surface area contributed by atoms with Gasteiger partial charge in [0.25, 0.3) is 11.8 Å². The van der Waals surface area contributed by atoms with Crippen molar-refractivity contribution in [3.05, 3.63) is 63.6 Å². The molecular formula is C19H15Cl2NO4. The molecule has 0 aromatic heterocycles. The number of halogens is 2. The summed E-state index contributed by atoms with van der Waals surface area (Å²) in [6.45, 7) is 3.46. The van der Waals surface area contributed by atoms with Gasteiger partial charge in [-0.05, 0) is 30.2 Å². The van der Waals surface area contributed by atoms with E-state index in [9.17, 15) is 14.4 Å². The monoisotopic (exact) mass is 391 g/mol. The van der Waals surface area contributed by atoms with Gasteiger partial charge in [0.1, 0.15) is 11.1 Å². The summed E-state index contributed by atoms with van der Waals surface area (Å²) in [5.74, 6) is -2.07. The highest BCUT2D eigenvalue weighted by molar-refractivity contribution is 6.43. The summed E-state index contributed by atoms with van der Waals surface area (Å²) in [5.41, 5.74) is 0.550. The molecule has 134 valence electrons. The van der Waals surface area contributed by atoms with Crippen molar-refractivity contribution in [3.63, 3.8) is 0 Å². The Kier molecular flexibility index (Phi) is 5.03. The molecule has 0 spiro atoms. The van der Waals surface area contributed by atoms with Crippen LogP contribution in [0.15, 0.2) is 42.5 Å². The number of amides is 2. The van der Waals surface area contributed by atoms with Gasteiger partial charge in [0.05, 0.1) is 16.1 Å². The van der Waals surface area contributed by atoms with Crippen LogP contribution in [-0.4, -0.2) is 28.7 Å². The molecule has 3 rings (SSSR count). The van der Waals surface area contributed by atoms with Crippen LogP contribution in [0, 0.1) is 5.92 Å². The third kappa shape index (κ3) is 3.08. The maximum Gasteiger partial charge on any atom is 0.335 e. The Balaban J connectivity index is 1.93. The number of benzene rings is 2. The summed E-state index contributed by atoms with van der Waals surface area (Å²) >= 11 is 12.0. The summed E-state index contributed by atoms with van der Waals surface area (Å²) < 4.78 is 5.36. The molecule has 0 saturated carbocycles. The maximum atomic E-state index is 12.8. The first-order chi connectivity index (χ1) is 12.3. The fourth-order valence-electron chi connectivity index (χ4n) is 2.87. The number of fused-ring (bicyclic) bond motifs is 1. The quantitative estimate of drug-likeness (QED) is 0.444. The number of carbonyl (C=O) groups excluding carboxylic acids is 3. The summed E-state index contributed by atoms with van der Waals surface area (Å²) in [4.78, 5) is 39.1. The van der Waals surface area contributed by atoms with Gasteiger partial charge in [-0.2, -0.15) is 0 Å². The second-order valence-corrected chi connectivity index (χ2v) is 6.97. The predicted octanol–water partition coefficient (Wildman–Crippen LogP) is 4.22. The lowest BCUT2D eigenvalue weighted by molar-refractivity contribution is -0.140. The molecule has 0 aliphatic carbocycles. The van der Waals surface area contributed by atoms with E-state index in [1.54, 1.807) is 50.2 Å². The third-order valence-corrected chi connectivity index (χ3v) is 4.90. The Morgan fingerprint density at radius 1 is 0.962 bits per heavy atom. The summed E-state index contributed by atoms with van der Waals surface area (Å²) in [7, 11) is 0. The number of ether oxygens (including phenoxy) is 1. The van der Waals surface area contributed by atoms with Crippen molar-refractivity contribution in [2.45, 2.75) is 19.9 Å². The Labute approximate surface area is 160 Å². The number of rotatable bonds is 4. The van der Waals surface area contributed by atoms with Crippen molar-refractivity contribution in [1.29, 1.82) is 0 Å². The van der Waals surface area contributed by atoms with Gasteiger partial charge in [-0.3, -0.25) is 14.5 Å². The number of hydrogen-bond acceptors (Lipinski definition) is 4. The van der Waals surface area contributed by atoms with Crippen molar-refractivity contribution in [2.75, 3.05) is 0 Å². The third-order valence-electron chi connectivity index (χ3n) is 4.10. The Bertz CT molecular complexity index is 875. The zero-order chi connectivity index (χ0) is 19.0. The Hall–Kier alpha value is -2.37. The first-order valence-electron chi connectivity index (χ1n) is 7.95. The maximum absolute atomic E-state index is 12.8. The zero-order valence-corrected chi connectivity index (χ0v) is 15.5. The van der Waals surface area contributed by atoms with E-state index in [2.05, 4.69) is 0 Å². The lowest BCUT2D eigenvalue weighted by atomic mass is 10.0. The fraction of sp³-hybridized carbons (Fsp3) is 0.211. The molecule has 7 heteroatoms. The molecule has 1 aliphatic rings. The molecule has 0 radical (unpaired) electrons. The van der Waals surface area contributed by atoms with E-state index in [0.29, 0.717) is 0 Å². The van der Waals surface area contributed by atoms with Crippen LogP contribution in [0.2, 0.25) is 10.0 Å². The van der Waals surface area contributed by atoms with Crippen LogP contribution in [0.4, 0.5) is 0 Å². The van der Waals surface area contributed by atoms with E-state index in [4.69, 9.17) is 27.9 Å². The van der Waals surface area contributed by atoms with Crippen LogP contribution in [0.25, 0.3) is 0 Å². The molecule has 0 N–H and O–H groups in total. The highest BCUT2D eigenvalue weighted by Crippen LogP contribution is 2.33. The van der Waals surface area contributed by atoms with Crippen molar-refractivity contribution in [2.24, 2.45) is 5.92 Å². The lowest BCUT2D eigenvalue weighted by Gasteiger charge is -2.27. The van der Waals surface area contributed by atoms with Gasteiger partial charge in [-0.15, -0.1) is 0 Å². The predicted molar refractivity (Wildman–Crippen MR) is 97.7 cm³/mol. The number of hydrogen-bond donors (Lipinski definition) is 0. The molecule has 0 bridgehead atoms. The SMILES string of the molecule is CC(C)[C@H](C(=O)Oc1cccc(Cl)c1Cl)N1C(=O)c2ccccc2C1=O. The summed E-state index contributed by atoms with van der Waals surface area (Å²) in [6, 6.07) is 10.0. The first-order valence-corrected chi connectivity index (χ1v) is 8.71. The molecule has 2 aromatic carbocycles. The molecule has 0 fully saturated rings. The Morgan fingerprint density at radius 3 is 2.08 bits per heavy atom. The molecule has 1 atom stereocenters. The smallest absolute Gasteiger partial charge is 0.335 e. The molecule has 1 heterocycles. The summed E-state index contributed by atoms with van der Waals surface area (Å²) in [6.07, 6.45) is 0. The van der Waals surface area contributed by atoms with Crippen LogP contribution in [-0.2, 0) is 4.79 Å². The largest absolute Gasteiger partial charge is 0.423 e. The van der Waals surface area contributed by atoms with Gasteiger partial charge in [0, 0.05) is 0 Å². The number of esters is 1. The van der Waals surface area contributed by atoms with Crippen LogP contribution in [0.5, 0.6) is 5.75 Å². The molecule has 26 heavy (non-hydrogen) atoms. The zero-order valence-electron chi connectivity index (χ0n) is 14.0. The van der Waals surface area contributed by atoms with Gasteiger partial charge < -0.3 is 4.74 Å². The van der Waals surface area contributed by atoms with E-state index >= 15 is 0 Å². The topological polar surface area (TPSA) is 63.7 Å². The second kappa shape index (κ2) is 7.09. The van der Waals surface area contributed by atoms with Crippen LogP contribution < -0.4 is 4.74 Å². The van der Waals surface area contributed by atoms with E-state index in [-0.39, 0.29) is 32.8 Å². The minimum absolute atomic E-state index is 0.0754. The molecule has 1 aliphatic heterocycles. The average molecular weight is 392 g/mol. The van der Waals surface area contributed by atoms with Crippen LogP contribution in [0.1, 0.15) is 34.6 Å². The molecule has 2 amide bonds. The number of nitrogens with zero attached hydrogens (tertiary/aromatic N) is 1. The van der Waals surface area contributed by atoms with E-state index < -0.39 is 23.8 Å². The number of carbonyl (C=O) groups is 3. The molecule has 0 saturated heterocycles. The molecule has 5 nitrogen and oxygen atoms in total. The molecule has 0 unspecified atom stereocenters. The lowest BCUT2D eigenvalue weighted by Crippen LogP contribution is -2.49. The summed E-state index contributed by atoms with van der Waals surface area (Å²) in [5, 5.41) is 0.325. The first kappa shape index (κ1) is 18.4. The molecule has 2 aromatic rings. The Morgan fingerprint density at radius 2 is 1.54 bits per heavy atom. The van der Waals surface area contributed by atoms with Gasteiger partial charge in [0.15, 0.2) is 5.75 Å². The van der Waals surface area contributed by atoms with Gasteiger partial charge in [-0.1, -0.05) is 55.2 Å². The van der Waals surface area contributed by atoms with Gasteiger partial charge in [-0.25, -0.2) is 4.79 Å². The van der Waals surface area contributed by atoms with Crippen molar-refractivity contribution < 1.29 is 19.1 Å². The number of imide groups is 1. The van der Waals surface area contributed by atoms with E-state index in [0.717, 1.165) is 4.90 Å².